The molecule has 1 aromatic rings. The van der Waals surface area contributed by atoms with Gasteiger partial charge in [0.05, 0.1) is 18.2 Å². The Morgan fingerprint density at radius 3 is 2.63 bits per heavy atom. The zero-order chi connectivity index (χ0) is 13.8. The van der Waals surface area contributed by atoms with Crippen LogP contribution >= 0.6 is 11.8 Å². The lowest BCUT2D eigenvalue weighted by molar-refractivity contribution is 0.415. The van der Waals surface area contributed by atoms with Gasteiger partial charge in [0.2, 0.25) is 0 Å². The van der Waals surface area contributed by atoms with E-state index in [0.717, 1.165) is 17.0 Å². The number of allylic oxidation sites excluding steroid dienone is 3. The molecule has 0 saturated heterocycles. The largest absolute Gasteiger partial charge is 0.497 e. The van der Waals surface area contributed by atoms with Crippen LogP contribution in [0, 0.1) is 0 Å². The van der Waals surface area contributed by atoms with E-state index in [0.29, 0.717) is 5.37 Å². The second-order valence-electron chi connectivity index (χ2n) is 4.36. The smallest absolute Gasteiger partial charge is 0.118 e. The summed E-state index contributed by atoms with van der Waals surface area (Å²) in [6.07, 6.45) is 4.07. The Kier molecular flexibility index (Phi) is 4.38. The summed E-state index contributed by atoms with van der Waals surface area (Å²) >= 11 is 1.81. The molecular weight excluding hydrogens is 254 g/mol. The summed E-state index contributed by atoms with van der Waals surface area (Å²) < 4.78 is 5.20. The second-order valence-corrected chi connectivity index (χ2v) is 5.71. The van der Waals surface area contributed by atoms with Gasteiger partial charge in [-0.2, -0.15) is 0 Å². The van der Waals surface area contributed by atoms with Crippen LogP contribution in [-0.2, 0) is 0 Å². The maximum atomic E-state index is 5.20. The molecule has 100 valence electrons. The van der Waals surface area contributed by atoms with Crippen molar-refractivity contribution in [1.29, 1.82) is 0 Å². The van der Waals surface area contributed by atoms with E-state index in [9.17, 15) is 0 Å². The van der Waals surface area contributed by atoms with Gasteiger partial charge in [-0.15, -0.1) is 0 Å². The topological polar surface area (TPSA) is 21.3 Å². The van der Waals surface area contributed by atoms with Gasteiger partial charge in [0.15, 0.2) is 0 Å². The molecule has 2 rings (SSSR count). The van der Waals surface area contributed by atoms with Gasteiger partial charge in [0.1, 0.15) is 5.75 Å². The number of benzene rings is 1. The molecule has 1 atom stereocenters. The fourth-order valence-electron chi connectivity index (χ4n) is 2.02. The van der Waals surface area contributed by atoms with Crippen LogP contribution in [0.5, 0.6) is 5.75 Å². The Morgan fingerprint density at radius 2 is 2.05 bits per heavy atom. The standard InChI is InChI=1S/C16H19NOS/c1-5-6-11(2)16-15(17-12(3)19-16)13-7-9-14(18-4)10-8-13/h5-10,12,17H,2H2,1,3-4H3/b6-5-. The van der Waals surface area contributed by atoms with Crippen LogP contribution in [0.1, 0.15) is 19.4 Å². The number of ether oxygens (including phenoxy) is 1. The molecule has 1 N–H and O–H groups in total. The molecule has 0 spiro atoms. The van der Waals surface area contributed by atoms with Crippen molar-refractivity contribution in [3.63, 3.8) is 0 Å². The molecule has 2 nitrogen and oxygen atoms in total. The van der Waals surface area contributed by atoms with Crippen molar-refractivity contribution in [2.24, 2.45) is 0 Å². The minimum Gasteiger partial charge on any atom is -0.497 e. The van der Waals surface area contributed by atoms with Gasteiger partial charge in [-0.1, -0.05) is 30.5 Å². The first-order valence-electron chi connectivity index (χ1n) is 6.29. The van der Waals surface area contributed by atoms with Crippen molar-refractivity contribution in [2.45, 2.75) is 19.2 Å². The third kappa shape index (κ3) is 3.04. The summed E-state index contributed by atoms with van der Waals surface area (Å²) in [5.41, 5.74) is 3.37. The number of hydrogen-bond acceptors (Lipinski definition) is 3. The van der Waals surface area contributed by atoms with E-state index in [1.165, 1.54) is 10.5 Å². The lowest BCUT2D eigenvalue weighted by Gasteiger charge is -2.09. The molecule has 19 heavy (non-hydrogen) atoms. The van der Waals surface area contributed by atoms with Crippen LogP contribution < -0.4 is 10.1 Å². The van der Waals surface area contributed by atoms with Crippen molar-refractivity contribution >= 4 is 17.5 Å². The van der Waals surface area contributed by atoms with E-state index in [1.54, 1.807) is 7.11 Å². The molecule has 1 heterocycles. The maximum Gasteiger partial charge on any atom is 0.118 e. The number of hydrogen-bond donors (Lipinski definition) is 1. The molecule has 0 saturated carbocycles. The molecule has 1 aliphatic rings. The fourth-order valence-corrected chi connectivity index (χ4v) is 3.06. The predicted octanol–water partition coefficient (Wildman–Crippen LogP) is 4.18. The molecule has 3 heteroatoms. The maximum absolute atomic E-state index is 5.20. The van der Waals surface area contributed by atoms with Crippen LogP contribution in [0.4, 0.5) is 0 Å². The van der Waals surface area contributed by atoms with E-state index >= 15 is 0 Å². The van der Waals surface area contributed by atoms with Crippen LogP contribution in [0.15, 0.2) is 53.5 Å². The molecule has 0 aromatic heterocycles. The van der Waals surface area contributed by atoms with E-state index in [1.807, 2.05) is 43.0 Å². The zero-order valence-corrected chi connectivity index (χ0v) is 12.4. The highest BCUT2D eigenvalue weighted by Gasteiger charge is 2.22. The SMILES string of the molecule is C=C(/C=C\C)C1=C(c2ccc(OC)cc2)NC(C)S1. The van der Waals surface area contributed by atoms with Crippen LogP contribution in [0.3, 0.4) is 0 Å². The average Bonchev–Trinajstić information content (AvgIpc) is 2.81. The summed E-state index contributed by atoms with van der Waals surface area (Å²) in [7, 11) is 1.68. The lowest BCUT2D eigenvalue weighted by Crippen LogP contribution is -2.15. The van der Waals surface area contributed by atoms with Crippen molar-refractivity contribution in [1.82, 2.24) is 5.32 Å². The Bertz CT molecular complexity index is 528. The van der Waals surface area contributed by atoms with Gasteiger partial charge in [-0.3, -0.25) is 0 Å². The van der Waals surface area contributed by atoms with Crippen molar-refractivity contribution < 1.29 is 4.74 Å². The summed E-state index contributed by atoms with van der Waals surface area (Å²) in [5.74, 6) is 0.872. The normalized spacial score (nSPS) is 18.8. The van der Waals surface area contributed by atoms with E-state index in [4.69, 9.17) is 4.74 Å². The van der Waals surface area contributed by atoms with Gasteiger partial charge in [-0.25, -0.2) is 0 Å². The van der Waals surface area contributed by atoms with E-state index < -0.39 is 0 Å². The Hall–Kier alpha value is -1.61. The molecule has 0 amide bonds. The Labute approximate surface area is 119 Å². The Balaban J connectivity index is 2.37. The van der Waals surface area contributed by atoms with E-state index in [2.05, 4.69) is 31.0 Å². The highest BCUT2D eigenvalue weighted by atomic mass is 32.2. The first kappa shape index (κ1) is 13.8. The highest BCUT2D eigenvalue weighted by Crippen LogP contribution is 2.39. The predicted molar refractivity (Wildman–Crippen MR) is 84.1 cm³/mol. The summed E-state index contributed by atoms with van der Waals surface area (Å²) in [6, 6.07) is 8.10. The first-order valence-corrected chi connectivity index (χ1v) is 7.17. The number of methoxy groups -OCH3 is 1. The molecule has 0 aliphatic carbocycles. The van der Waals surface area contributed by atoms with Crippen molar-refractivity contribution in [3.05, 3.63) is 59.0 Å². The van der Waals surface area contributed by atoms with Gasteiger partial charge in [-0.05, 0) is 49.2 Å². The highest BCUT2D eigenvalue weighted by molar-refractivity contribution is 8.04. The molecular formula is C16H19NOS. The molecule has 1 unspecified atom stereocenters. The second kappa shape index (κ2) is 6.02. The molecule has 0 radical (unpaired) electrons. The van der Waals surface area contributed by atoms with Gasteiger partial charge in [0, 0.05) is 4.91 Å². The minimum absolute atomic E-state index is 0.370. The van der Waals surface area contributed by atoms with Gasteiger partial charge in [0.25, 0.3) is 0 Å². The summed E-state index contributed by atoms with van der Waals surface area (Å²) in [6.45, 7) is 8.31. The number of rotatable bonds is 4. The minimum atomic E-state index is 0.370. The molecule has 1 aromatic carbocycles. The monoisotopic (exact) mass is 273 g/mol. The lowest BCUT2D eigenvalue weighted by atomic mass is 10.1. The van der Waals surface area contributed by atoms with Crippen molar-refractivity contribution in [2.75, 3.05) is 7.11 Å². The average molecular weight is 273 g/mol. The first-order chi connectivity index (χ1) is 9.15. The van der Waals surface area contributed by atoms with Gasteiger partial charge >= 0.3 is 0 Å². The van der Waals surface area contributed by atoms with Crippen LogP contribution in [-0.4, -0.2) is 12.5 Å². The molecule has 0 bridgehead atoms. The van der Waals surface area contributed by atoms with Crippen LogP contribution in [0.25, 0.3) is 5.70 Å². The third-order valence-electron chi connectivity index (χ3n) is 2.91. The fraction of sp³-hybridized carbons (Fsp3) is 0.250. The van der Waals surface area contributed by atoms with E-state index in [-0.39, 0.29) is 0 Å². The molecule has 1 aliphatic heterocycles. The summed E-state index contributed by atoms with van der Waals surface area (Å²) in [5, 5.41) is 3.87. The third-order valence-corrected chi connectivity index (χ3v) is 4.08. The van der Waals surface area contributed by atoms with Crippen LogP contribution in [0.2, 0.25) is 0 Å². The quantitative estimate of drug-likeness (QED) is 0.832. The van der Waals surface area contributed by atoms with Gasteiger partial charge < -0.3 is 10.1 Å². The molecule has 0 fully saturated rings. The number of thioether (sulfide) groups is 1. The summed E-state index contributed by atoms with van der Waals surface area (Å²) in [4.78, 5) is 1.22. The zero-order valence-electron chi connectivity index (χ0n) is 11.6. The Morgan fingerprint density at radius 1 is 1.37 bits per heavy atom. The van der Waals surface area contributed by atoms with Crippen molar-refractivity contribution in [3.8, 4) is 5.75 Å². The number of nitrogens with one attached hydrogen (secondary N) is 1.